The van der Waals surface area contributed by atoms with E-state index in [0.717, 1.165) is 30.8 Å². The third-order valence-electron chi connectivity index (χ3n) is 2.57. The third kappa shape index (κ3) is 5.42. The largest absolute Gasteiger partial charge is 0.494 e. The van der Waals surface area contributed by atoms with Crippen LogP contribution in [0.15, 0.2) is 24.3 Å². The number of nitrogen functional groups attached to an aromatic ring is 1. The van der Waals surface area contributed by atoms with E-state index in [1.54, 1.807) is 24.3 Å². The van der Waals surface area contributed by atoms with E-state index in [1.165, 1.54) is 6.42 Å². The zero-order valence-electron chi connectivity index (χ0n) is 10.4. The van der Waals surface area contributed by atoms with Gasteiger partial charge in [-0.05, 0) is 42.9 Å². The first-order valence-corrected chi connectivity index (χ1v) is 6.76. The molecule has 0 saturated heterocycles. The summed E-state index contributed by atoms with van der Waals surface area (Å²) >= 11 is 4.16. The number of carbonyl (C=O) groups excluding carboxylic acids is 1. The molecule has 0 aromatic heterocycles. The molecule has 18 heavy (non-hydrogen) atoms. The van der Waals surface area contributed by atoms with Gasteiger partial charge in [-0.2, -0.15) is 12.6 Å². The maximum atomic E-state index is 11.2. The quantitative estimate of drug-likeness (QED) is 0.222. The van der Waals surface area contributed by atoms with Crippen molar-refractivity contribution in [1.82, 2.24) is 5.43 Å². The Morgan fingerprint density at radius 2 is 1.83 bits per heavy atom. The highest BCUT2D eigenvalue weighted by Crippen LogP contribution is 2.13. The minimum absolute atomic E-state index is 0.298. The molecule has 0 radical (unpaired) electrons. The smallest absolute Gasteiger partial charge is 0.265 e. The second-order valence-corrected chi connectivity index (χ2v) is 4.43. The molecule has 1 aromatic carbocycles. The number of thiol groups is 1. The number of ether oxygens (including phenoxy) is 1. The van der Waals surface area contributed by atoms with Crippen molar-refractivity contribution < 1.29 is 9.53 Å². The summed E-state index contributed by atoms with van der Waals surface area (Å²) in [5, 5.41) is 0. The Bertz CT molecular complexity index is 355. The fourth-order valence-corrected chi connectivity index (χ4v) is 1.77. The predicted octanol–water partition coefficient (Wildman–Crippen LogP) is 2.16. The van der Waals surface area contributed by atoms with E-state index in [2.05, 4.69) is 18.1 Å². The molecular weight excluding hydrogens is 248 g/mol. The highest BCUT2D eigenvalue weighted by atomic mass is 32.1. The summed E-state index contributed by atoms with van der Waals surface area (Å²) < 4.78 is 5.57. The van der Waals surface area contributed by atoms with Gasteiger partial charge in [0.15, 0.2) is 0 Å². The average molecular weight is 268 g/mol. The van der Waals surface area contributed by atoms with Gasteiger partial charge in [-0.15, -0.1) is 0 Å². The van der Waals surface area contributed by atoms with Crippen LogP contribution in [-0.4, -0.2) is 18.3 Å². The summed E-state index contributed by atoms with van der Waals surface area (Å²) in [6.45, 7) is 0.703. The summed E-state index contributed by atoms with van der Waals surface area (Å²) in [4.78, 5) is 11.2. The Kier molecular flexibility index (Phi) is 7.29. The van der Waals surface area contributed by atoms with Crippen LogP contribution in [0.25, 0.3) is 0 Å². The number of hydrogen-bond donors (Lipinski definition) is 3. The van der Waals surface area contributed by atoms with Crippen LogP contribution in [0.2, 0.25) is 0 Å². The Morgan fingerprint density at radius 3 is 2.44 bits per heavy atom. The number of amides is 1. The molecule has 100 valence electrons. The Morgan fingerprint density at radius 1 is 1.17 bits per heavy atom. The maximum absolute atomic E-state index is 11.2. The number of benzene rings is 1. The van der Waals surface area contributed by atoms with Gasteiger partial charge >= 0.3 is 0 Å². The van der Waals surface area contributed by atoms with Crippen LogP contribution in [0.3, 0.4) is 0 Å². The van der Waals surface area contributed by atoms with Crippen molar-refractivity contribution in [3.05, 3.63) is 29.8 Å². The van der Waals surface area contributed by atoms with Crippen molar-refractivity contribution in [1.29, 1.82) is 0 Å². The fourth-order valence-electron chi connectivity index (χ4n) is 1.54. The fraction of sp³-hybridized carbons (Fsp3) is 0.462. The summed E-state index contributed by atoms with van der Waals surface area (Å²) in [7, 11) is 0. The number of carbonyl (C=O) groups is 1. The van der Waals surface area contributed by atoms with E-state index in [9.17, 15) is 4.79 Å². The van der Waals surface area contributed by atoms with Crippen LogP contribution in [-0.2, 0) is 0 Å². The molecule has 0 saturated carbocycles. The highest BCUT2D eigenvalue weighted by molar-refractivity contribution is 7.80. The summed E-state index contributed by atoms with van der Waals surface area (Å²) in [5.74, 6) is 6.47. The van der Waals surface area contributed by atoms with E-state index >= 15 is 0 Å². The van der Waals surface area contributed by atoms with Gasteiger partial charge in [-0.1, -0.05) is 12.8 Å². The zero-order chi connectivity index (χ0) is 13.2. The molecule has 0 atom stereocenters. The zero-order valence-corrected chi connectivity index (χ0v) is 11.3. The summed E-state index contributed by atoms with van der Waals surface area (Å²) in [6, 6.07) is 6.94. The van der Waals surface area contributed by atoms with Gasteiger partial charge in [-0.25, -0.2) is 5.84 Å². The summed E-state index contributed by atoms with van der Waals surface area (Å²) in [5.41, 5.74) is 2.61. The molecule has 0 unspecified atom stereocenters. The number of hydrazine groups is 1. The molecule has 5 heteroatoms. The van der Waals surface area contributed by atoms with Crippen molar-refractivity contribution >= 4 is 18.5 Å². The molecule has 0 aliphatic heterocycles. The Labute approximate surface area is 113 Å². The number of rotatable bonds is 8. The van der Waals surface area contributed by atoms with Crippen LogP contribution in [0, 0.1) is 0 Å². The first-order chi connectivity index (χ1) is 8.77. The molecule has 0 bridgehead atoms. The van der Waals surface area contributed by atoms with Crippen molar-refractivity contribution in [2.24, 2.45) is 5.84 Å². The highest BCUT2D eigenvalue weighted by Gasteiger charge is 2.02. The Balaban J connectivity index is 2.25. The van der Waals surface area contributed by atoms with Crippen molar-refractivity contribution in [2.45, 2.75) is 25.7 Å². The van der Waals surface area contributed by atoms with Crippen molar-refractivity contribution in [3.8, 4) is 5.75 Å². The van der Waals surface area contributed by atoms with Gasteiger partial charge in [0.25, 0.3) is 5.91 Å². The molecule has 1 aromatic rings. The maximum Gasteiger partial charge on any atom is 0.265 e. The number of hydrogen-bond acceptors (Lipinski definition) is 4. The van der Waals surface area contributed by atoms with E-state index in [1.807, 2.05) is 0 Å². The molecule has 3 N–H and O–H groups in total. The van der Waals surface area contributed by atoms with Crippen LogP contribution in [0.4, 0.5) is 0 Å². The van der Waals surface area contributed by atoms with Gasteiger partial charge < -0.3 is 4.74 Å². The van der Waals surface area contributed by atoms with E-state index in [0.29, 0.717) is 12.2 Å². The second kappa shape index (κ2) is 8.83. The van der Waals surface area contributed by atoms with E-state index in [-0.39, 0.29) is 5.91 Å². The molecule has 0 heterocycles. The minimum atomic E-state index is -0.298. The van der Waals surface area contributed by atoms with Crippen LogP contribution in [0.1, 0.15) is 36.0 Å². The molecular formula is C13H20N2O2S. The van der Waals surface area contributed by atoms with Crippen LogP contribution >= 0.6 is 12.6 Å². The van der Waals surface area contributed by atoms with Crippen LogP contribution in [0.5, 0.6) is 5.75 Å². The molecule has 0 fully saturated rings. The molecule has 0 aliphatic carbocycles. The first kappa shape index (κ1) is 14.9. The third-order valence-corrected chi connectivity index (χ3v) is 2.89. The normalized spacial score (nSPS) is 10.1. The Hall–Kier alpha value is -1.20. The SMILES string of the molecule is NNC(=O)c1ccc(OCCCCCCS)cc1. The predicted molar refractivity (Wildman–Crippen MR) is 75.9 cm³/mol. The number of nitrogens with two attached hydrogens (primary N) is 1. The monoisotopic (exact) mass is 268 g/mol. The average Bonchev–Trinajstić information content (AvgIpc) is 2.42. The molecule has 1 amide bonds. The topological polar surface area (TPSA) is 64.3 Å². The second-order valence-electron chi connectivity index (χ2n) is 3.98. The minimum Gasteiger partial charge on any atom is -0.494 e. The van der Waals surface area contributed by atoms with Gasteiger partial charge in [0.2, 0.25) is 0 Å². The van der Waals surface area contributed by atoms with Gasteiger partial charge in [-0.3, -0.25) is 10.2 Å². The van der Waals surface area contributed by atoms with Gasteiger partial charge in [0.05, 0.1) is 6.61 Å². The molecule has 0 aliphatic rings. The van der Waals surface area contributed by atoms with Crippen LogP contribution < -0.4 is 16.0 Å². The first-order valence-electron chi connectivity index (χ1n) is 6.12. The van der Waals surface area contributed by atoms with E-state index in [4.69, 9.17) is 10.6 Å². The summed E-state index contributed by atoms with van der Waals surface area (Å²) in [6.07, 6.45) is 4.56. The lowest BCUT2D eigenvalue weighted by Crippen LogP contribution is -2.29. The van der Waals surface area contributed by atoms with Gasteiger partial charge in [0.1, 0.15) is 5.75 Å². The lowest BCUT2D eigenvalue weighted by atomic mass is 10.2. The number of nitrogens with one attached hydrogen (secondary N) is 1. The molecule has 4 nitrogen and oxygen atoms in total. The van der Waals surface area contributed by atoms with E-state index < -0.39 is 0 Å². The standard InChI is InChI=1S/C13H20N2O2S/c14-15-13(16)11-5-7-12(8-6-11)17-9-3-1-2-4-10-18/h5-8,18H,1-4,9-10,14H2,(H,15,16). The number of unbranched alkanes of at least 4 members (excludes halogenated alkanes) is 3. The van der Waals surface area contributed by atoms with Gasteiger partial charge in [0, 0.05) is 5.56 Å². The lowest BCUT2D eigenvalue weighted by molar-refractivity contribution is 0.0953. The van der Waals surface area contributed by atoms with Crippen molar-refractivity contribution in [2.75, 3.05) is 12.4 Å². The molecule has 0 spiro atoms. The molecule has 1 rings (SSSR count). The lowest BCUT2D eigenvalue weighted by Gasteiger charge is -2.06. The van der Waals surface area contributed by atoms with Crippen molar-refractivity contribution in [3.63, 3.8) is 0 Å².